The third-order valence-corrected chi connectivity index (χ3v) is 7.66. The molecule has 0 bridgehead atoms. The molecule has 1 aliphatic rings. The molecule has 3 aromatic rings. The molecule has 4 rings (SSSR count). The number of hydrogen-bond acceptors (Lipinski definition) is 8. The van der Waals surface area contributed by atoms with E-state index in [9.17, 15) is 4.79 Å². The zero-order valence-corrected chi connectivity index (χ0v) is 20.5. The summed E-state index contributed by atoms with van der Waals surface area (Å²) in [4.78, 5) is 29.6. The van der Waals surface area contributed by atoms with E-state index >= 15 is 0 Å². The number of pyridine rings is 1. The summed E-state index contributed by atoms with van der Waals surface area (Å²) in [6.07, 6.45) is 8.95. The Morgan fingerprint density at radius 1 is 1.21 bits per heavy atom. The topological polar surface area (TPSA) is 89.5 Å². The molecule has 3 aromatic heterocycles. The minimum atomic E-state index is -0.163. The molecule has 1 aliphatic carbocycles. The summed E-state index contributed by atoms with van der Waals surface area (Å²) in [6, 6.07) is 3.72. The van der Waals surface area contributed by atoms with Crippen LogP contribution in [0.1, 0.15) is 52.9 Å². The SMILES string of the molecule is COc1cc(CN(C)C(=O)c2sc3ncnc(NCC4(OC)CCCCC4)c3c2C)ccn1. The maximum Gasteiger partial charge on any atom is 0.264 e. The van der Waals surface area contributed by atoms with Gasteiger partial charge in [0.15, 0.2) is 0 Å². The van der Waals surface area contributed by atoms with Gasteiger partial charge < -0.3 is 19.7 Å². The monoisotopic (exact) mass is 469 g/mol. The quantitative estimate of drug-likeness (QED) is 0.522. The highest BCUT2D eigenvalue weighted by atomic mass is 32.1. The third kappa shape index (κ3) is 4.94. The van der Waals surface area contributed by atoms with Crippen molar-refractivity contribution in [3.63, 3.8) is 0 Å². The van der Waals surface area contributed by atoms with E-state index < -0.39 is 0 Å². The van der Waals surface area contributed by atoms with Crippen molar-refractivity contribution in [2.45, 2.75) is 51.2 Å². The lowest BCUT2D eigenvalue weighted by Crippen LogP contribution is -2.41. The predicted octanol–water partition coefficient (Wildman–Crippen LogP) is 4.44. The molecule has 1 saturated carbocycles. The summed E-state index contributed by atoms with van der Waals surface area (Å²) in [5.41, 5.74) is 1.69. The molecule has 8 nitrogen and oxygen atoms in total. The first-order valence-corrected chi connectivity index (χ1v) is 12.1. The Labute approximate surface area is 198 Å². The van der Waals surface area contributed by atoms with E-state index in [1.54, 1.807) is 38.7 Å². The van der Waals surface area contributed by atoms with Gasteiger partial charge in [-0.3, -0.25) is 4.79 Å². The number of nitrogens with zero attached hydrogens (tertiary/aromatic N) is 4. The number of aromatic nitrogens is 3. The fourth-order valence-electron chi connectivity index (χ4n) is 4.48. The number of ether oxygens (including phenoxy) is 2. The van der Waals surface area contributed by atoms with E-state index in [2.05, 4.69) is 20.3 Å². The molecule has 3 heterocycles. The van der Waals surface area contributed by atoms with Gasteiger partial charge in [0, 0.05) is 39.5 Å². The van der Waals surface area contributed by atoms with E-state index in [0.29, 0.717) is 23.8 Å². The minimum absolute atomic E-state index is 0.0436. The zero-order chi connectivity index (χ0) is 23.4. The lowest BCUT2D eigenvalue weighted by atomic mass is 9.84. The van der Waals surface area contributed by atoms with Gasteiger partial charge in [-0.05, 0) is 37.0 Å². The first-order valence-electron chi connectivity index (χ1n) is 11.2. The number of amides is 1. The number of carbonyl (C=O) groups excluding carboxylic acids is 1. The molecule has 0 aromatic carbocycles. The summed E-state index contributed by atoms with van der Waals surface area (Å²) in [6.45, 7) is 3.12. The first kappa shape index (κ1) is 23.4. The van der Waals surface area contributed by atoms with Gasteiger partial charge in [-0.15, -0.1) is 11.3 Å². The van der Waals surface area contributed by atoms with Crippen LogP contribution in [0.5, 0.6) is 5.88 Å². The van der Waals surface area contributed by atoms with Gasteiger partial charge in [-0.2, -0.15) is 0 Å². The van der Waals surface area contributed by atoms with Crippen molar-refractivity contribution >= 4 is 33.3 Å². The van der Waals surface area contributed by atoms with Crippen molar-refractivity contribution in [1.82, 2.24) is 19.9 Å². The molecule has 0 aliphatic heterocycles. The Hall–Kier alpha value is -2.78. The summed E-state index contributed by atoms with van der Waals surface area (Å²) < 4.78 is 11.1. The summed E-state index contributed by atoms with van der Waals surface area (Å²) in [5, 5.41) is 4.42. The second-order valence-corrected chi connectivity index (χ2v) is 9.63. The predicted molar refractivity (Wildman–Crippen MR) is 130 cm³/mol. The van der Waals surface area contributed by atoms with E-state index in [-0.39, 0.29) is 11.5 Å². The molecular weight excluding hydrogens is 438 g/mol. The molecular formula is C24H31N5O3S. The number of fused-ring (bicyclic) bond motifs is 1. The third-order valence-electron chi connectivity index (χ3n) is 6.47. The fourth-order valence-corrected chi connectivity index (χ4v) is 5.63. The van der Waals surface area contributed by atoms with Crippen LogP contribution in [-0.4, -0.2) is 59.2 Å². The molecule has 176 valence electrons. The van der Waals surface area contributed by atoms with Crippen LogP contribution in [0, 0.1) is 6.92 Å². The maximum absolute atomic E-state index is 13.3. The van der Waals surface area contributed by atoms with Crippen LogP contribution in [-0.2, 0) is 11.3 Å². The number of rotatable bonds is 8. The highest BCUT2D eigenvalue weighted by molar-refractivity contribution is 7.20. The number of anilines is 1. The number of aryl methyl sites for hydroxylation is 1. The molecule has 33 heavy (non-hydrogen) atoms. The average Bonchev–Trinajstić information content (AvgIpc) is 3.19. The van der Waals surface area contributed by atoms with Gasteiger partial charge in [-0.25, -0.2) is 15.0 Å². The number of methoxy groups -OCH3 is 2. The van der Waals surface area contributed by atoms with Crippen molar-refractivity contribution < 1.29 is 14.3 Å². The van der Waals surface area contributed by atoms with Crippen LogP contribution in [0.4, 0.5) is 5.82 Å². The maximum atomic E-state index is 13.3. The standard InChI is InChI=1S/C24H31N5O3S/c1-16-19-21(26-14-24(32-4)9-6-5-7-10-24)27-15-28-22(19)33-20(16)23(30)29(2)13-17-8-11-25-18(12-17)31-3/h8,11-12,15H,5-7,9-10,13-14H2,1-4H3,(H,26,27,28). The fraction of sp³-hybridized carbons (Fsp3) is 0.500. The van der Waals surface area contributed by atoms with E-state index in [0.717, 1.165) is 40.0 Å². The van der Waals surface area contributed by atoms with E-state index in [4.69, 9.17) is 9.47 Å². The number of nitrogens with one attached hydrogen (secondary N) is 1. The summed E-state index contributed by atoms with van der Waals surface area (Å²) >= 11 is 1.41. The van der Waals surface area contributed by atoms with Gasteiger partial charge in [0.25, 0.3) is 5.91 Å². The number of carbonyl (C=O) groups is 1. The second kappa shape index (κ2) is 10.0. The minimum Gasteiger partial charge on any atom is -0.481 e. The van der Waals surface area contributed by atoms with Crippen LogP contribution < -0.4 is 10.1 Å². The van der Waals surface area contributed by atoms with Crippen LogP contribution >= 0.6 is 11.3 Å². The Kier molecular flexibility index (Phi) is 7.09. The Balaban J connectivity index is 1.55. The van der Waals surface area contributed by atoms with Crippen molar-refractivity contribution in [2.24, 2.45) is 0 Å². The van der Waals surface area contributed by atoms with Gasteiger partial charge in [0.2, 0.25) is 5.88 Å². The van der Waals surface area contributed by atoms with Crippen molar-refractivity contribution in [3.05, 3.63) is 40.7 Å². The van der Waals surface area contributed by atoms with Gasteiger partial charge in [0.1, 0.15) is 17.0 Å². The molecule has 1 fully saturated rings. The smallest absolute Gasteiger partial charge is 0.264 e. The van der Waals surface area contributed by atoms with E-state index in [1.807, 2.05) is 19.1 Å². The van der Waals surface area contributed by atoms with Crippen LogP contribution in [0.25, 0.3) is 10.2 Å². The van der Waals surface area contributed by atoms with Crippen molar-refractivity contribution in [1.29, 1.82) is 0 Å². The molecule has 0 unspecified atom stereocenters. The zero-order valence-electron chi connectivity index (χ0n) is 19.7. The Morgan fingerprint density at radius 2 is 2.00 bits per heavy atom. The lowest BCUT2D eigenvalue weighted by Gasteiger charge is -2.36. The molecule has 0 radical (unpaired) electrons. The highest BCUT2D eigenvalue weighted by Crippen LogP contribution is 2.36. The van der Waals surface area contributed by atoms with Crippen molar-refractivity contribution in [3.8, 4) is 5.88 Å². The molecule has 0 atom stereocenters. The average molecular weight is 470 g/mol. The van der Waals surface area contributed by atoms with Crippen molar-refractivity contribution in [2.75, 3.05) is 33.1 Å². The highest BCUT2D eigenvalue weighted by Gasteiger charge is 2.32. The van der Waals surface area contributed by atoms with E-state index in [1.165, 1.54) is 30.6 Å². The van der Waals surface area contributed by atoms with Gasteiger partial charge >= 0.3 is 0 Å². The molecule has 1 amide bonds. The molecule has 9 heteroatoms. The molecule has 0 spiro atoms. The Bertz CT molecular complexity index is 1130. The number of thiophene rings is 1. The number of hydrogen-bond donors (Lipinski definition) is 1. The van der Waals surface area contributed by atoms with Crippen LogP contribution in [0.15, 0.2) is 24.7 Å². The van der Waals surface area contributed by atoms with Gasteiger partial charge in [0.05, 0.1) is 23.0 Å². The second-order valence-electron chi connectivity index (χ2n) is 8.63. The summed E-state index contributed by atoms with van der Waals surface area (Å²) in [7, 11) is 5.18. The largest absolute Gasteiger partial charge is 0.481 e. The first-order chi connectivity index (χ1) is 16.0. The molecule has 1 N–H and O–H groups in total. The van der Waals surface area contributed by atoms with Gasteiger partial charge in [-0.1, -0.05) is 19.3 Å². The van der Waals surface area contributed by atoms with Crippen LogP contribution in [0.2, 0.25) is 0 Å². The summed E-state index contributed by atoms with van der Waals surface area (Å²) in [5.74, 6) is 1.25. The molecule has 0 saturated heterocycles. The van der Waals surface area contributed by atoms with Crippen LogP contribution in [0.3, 0.4) is 0 Å². The normalized spacial score (nSPS) is 15.4. The lowest BCUT2D eigenvalue weighted by molar-refractivity contribution is -0.0279. The Morgan fingerprint density at radius 3 is 2.73 bits per heavy atom.